The van der Waals surface area contributed by atoms with E-state index in [1.54, 1.807) is 12.1 Å². The zero-order chi connectivity index (χ0) is 11.5. The maximum Gasteiger partial charge on any atom is 0.164 e. The van der Waals surface area contributed by atoms with Crippen LogP contribution in [0.4, 0.5) is 8.78 Å². The standard InChI is InChI=1S/C12H9F2NO/c13-10-3-1-2-9(11(10)14)12(16)8-4-6-15-7-5-8/h1-7,12,16H. The van der Waals surface area contributed by atoms with Crippen molar-refractivity contribution in [1.29, 1.82) is 0 Å². The van der Waals surface area contributed by atoms with E-state index in [9.17, 15) is 13.9 Å². The van der Waals surface area contributed by atoms with Gasteiger partial charge in [-0.2, -0.15) is 0 Å². The Morgan fingerprint density at radius 3 is 2.44 bits per heavy atom. The Morgan fingerprint density at radius 2 is 1.75 bits per heavy atom. The van der Waals surface area contributed by atoms with E-state index in [4.69, 9.17) is 0 Å². The molecule has 1 unspecified atom stereocenters. The summed E-state index contributed by atoms with van der Waals surface area (Å²) in [5, 5.41) is 9.86. The molecule has 16 heavy (non-hydrogen) atoms. The van der Waals surface area contributed by atoms with Gasteiger partial charge in [0.15, 0.2) is 11.6 Å². The molecule has 2 aromatic rings. The number of aliphatic hydroxyl groups excluding tert-OH is 1. The van der Waals surface area contributed by atoms with Gasteiger partial charge in [-0.3, -0.25) is 4.98 Å². The molecule has 1 aromatic carbocycles. The first-order valence-corrected chi connectivity index (χ1v) is 4.72. The first kappa shape index (κ1) is 10.7. The zero-order valence-electron chi connectivity index (χ0n) is 8.27. The molecule has 2 rings (SSSR count). The van der Waals surface area contributed by atoms with Crippen molar-refractivity contribution < 1.29 is 13.9 Å². The van der Waals surface area contributed by atoms with Crippen molar-refractivity contribution in [3.8, 4) is 0 Å². The maximum atomic E-state index is 13.4. The van der Waals surface area contributed by atoms with Crippen molar-refractivity contribution in [2.45, 2.75) is 6.10 Å². The largest absolute Gasteiger partial charge is 0.384 e. The third-order valence-electron chi connectivity index (χ3n) is 2.30. The summed E-state index contributed by atoms with van der Waals surface area (Å²) in [6, 6.07) is 6.82. The number of hydrogen-bond donors (Lipinski definition) is 1. The summed E-state index contributed by atoms with van der Waals surface area (Å²) in [6.45, 7) is 0. The minimum Gasteiger partial charge on any atom is -0.384 e. The van der Waals surface area contributed by atoms with Crippen molar-refractivity contribution in [3.63, 3.8) is 0 Å². The second kappa shape index (κ2) is 4.37. The highest BCUT2D eigenvalue weighted by Crippen LogP contribution is 2.24. The van der Waals surface area contributed by atoms with Gasteiger partial charge in [0.25, 0.3) is 0 Å². The average molecular weight is 221 g/mol. The molecule has 0 spiro atoms. The lowest BCUT2D eigenvalue weighted by molar-refractivity contribution is 0.213. The van der Waals surface area contributed by atoms with Gasteiger partial charge >= 0.3 is 0 Å². The van der Waals surface area contributed by atoms with Crippen molar-refractivity contribution >= 4 is 0 Å². The molecule has 4 heteroatoms. The molecule has 0 saturated carbocycles. The van der Waals surface area contributed by atoms with Gasteiger partial charge in [-0.05, 0) is 23.8 Å². The summed E-state index contributed by atoms with van der Waals surface area (Å²) >= 11 is 0. The predicted molar refractivity (Wildman–Crippen MR) is 54.7 cm³/mol. The Hall–Kier alpha value is -1.81. The quantitative estimate of drug-likeness (QED) is 0.844. The Kier molecular flexibility index (Phi) is 2.92. The minimum absolute atomic E-state index is 0.0776. The van der Waals surface area contributed by atoms with Gasteiger partial charge in [0.2, 0.25) is 0 Å². The van der Waals surface area contributed by atoms with E-state index >= 15 is 0 Å². The fraction of sp³-hybridized carbons (Fsp3) is 0.0833. The van der Waals surface area contributed by atoms with Crippen molar-refractivity contribution in [1.82, 2.24) is 4.98 Å². The van der Waals surface area contributed by atoms with Crippen LogP contribution in [0.2, 0.25) is 0 Å². The molecule has 0 radical (unpaired) electrons. The smallest absolute Gasteiger partial charge is 0.164 e. The van der Waals surface area contributed by atoms with Crippen LogP contribution in [0.25, 0.3) is 0 Å². The van der Waals surface area contributed by atoms with Gasteiger partial charge in [0, 0.05) is 18.0 Å². The molecular formula is C12H9F2NO. The van der Waals surface area contributed by atoms with Crippen LogP contribution >= 0.6 is 0 Å². The molecule has 1 heterocycles. The van der Waals surface area contributed by atoms with Gasteiger partial charge < -0.3 is 5.11 Å². The van der Waals surface area contributed by atoms with E-state index in [-0.39, 0.29) is 5.56 Å². The molecule has 0 bridgehead atoms. The summed E-state index contributed by atoms with van der Waals surface area (Å²) in [5.74, 6) is -1.99. The topological polar surface area (TPSA) is 33.1 Å². The highest BCUT2D eigenvalue weighted by atomic mass is 19.2. The summed E-state index contributed by atoms with van der Waals surface area (Å²) < 4.78 is 26.3. The molecule has 2 nitrogen and oxygen atoms in total. The lowest BCUT2D eigenvalue weighted by Gasteiger charge is -2.12. The number of benzene rings is 1. The third-order valence-corrected chi connectivity index (χ3v) is 2.30. The second-order valence-corrected chi connectivity index (χ2v) is 3.33. The summed E-state index contributed by atoms with van der Waals surface area (Å²) in [4.78, 5) is 3.78. The third kappa shape index (κ3) is 1.92. The molecular weight excluding hydrogens is 212 g/mol. The highest BCUT2D eigenvalue weighted by molar-refractivity contribution is 5.29. The lowest BCUT2D eigenvalue weighted by Crippen LogP contribution is -2.04. The van der Waals surface area contributed by atoms with Crippen LogP contribution < -0.4 is 0 Å². The SMILES string of the molecule is OC(c1ccncc1)c1cccc(F)c1F. The summed E-state index contributed by atoms with van der Waals surface area (Å²) in [5.41, 5.74) is 0.394. The Labute approximate surface area is 91.2 Å². The van der Waals surface area contributed by atoms with E-state index in [2.05, 4.69) is 4.98 Å². The molecule has 1 aromatic heterocycles. The van der Waals surface area contributed by atoms with E-state index in [1.165, 1.54) is 24.5 Å². The highest BCUT2D eigenvalue weighted by Gasteiger charge is 2.17. The average Bonchev–Trinajstić information content (AvgIpc) is 2.33. The Bertz CT molecular complexity index is 488. The van der Waals surface area contributed by atoms with E-state index in [1.807, 2.05) is 0 Å². The Morgan fingerprint density at radius 1 is 1.06 bits per heavy atom. The van der Waals surface area contributed by atoms with Crippen molar-refractivity contribution in [3.05, 3.63) is 65.5 Å². The number of nitrogens with zero attached hydrogens (tertiary/aromatic N) is 1. The molecule has 0 fully saturated rings. The molecule has 1 N–H and O–H groups in total. The first-order chi connectivity index (χ1) is 7.70. The molecule has 0 amide bonds. The minimum atomic E-state index is -1.18. The van der Waals surface area contributed by atoms with Gasteiger partial charge in [0.1, 0.15) is 6.10 Å². The molecule has 0 saturated heterocycles. The van der Waals surface area contributed by atoms with Crippen LogP contribution in [-0.2, 0) is 0 Å². The molecule has 82 valence electrons. The van der Waals surface area contributed by atoms with Crippen molar-refractivity contribution in [2.75, 3.05) is 0 Å². The number of aromatic nitrogens is 1. The second-order valence-electron chi connectivity index (χ2n) is 3.33. The van der Waals surface area contributed by atoms with E-state index in [0.29, 0.717) is 5.56 Å². The van der Waals surface area contributed by atoms with Gasteiger partial charge in [-0.1, -0.05) is 12.1 Å². The summed E-state index contributed by atoms with van der Waals surface area (Å²) in [7, 11) is 0. The van der Waals surface area contributed by atoms with Crippen LogP contribution in [0, 0.1) is 11.6 Å². The van der Waals surface area contributed by atoms with Crippen LogP contribution in [0.1, 0.15) is 17.2 Å². The zero-order valence-corrected chi connectivity index (χ0v) is 8.27. The monoisotopic (exact) mass is 221 g/mol. The lowest BCUT2D eigenvalue weighted by atomic mass is 10.0. The summed E-state index contributed by atoms with van der Waals surface area (Å²) in [6.07, 6.45) is 1.78. The maximum absolute atomic E-state index is 13.4. The van der Waals surface area contributed by atoms with Crippen LogP contribution in [0.3, 0.4) is 0 Å². The van der Waals surface area contributed by atoms with Crippen LogP contribution in [-0.4, -0.2) is 10.1 Å². The fourth-order valence-corrected chi connectivity index (χ4v) is 1.46. The van der Waals surface area contributed by atoms with Gasteiger partial charge in [0.05, 0.1) is 0 Å². The van der Waals surface area contributed by atoms with E-state index in [0.717, 1.165) is 6.07 Å². The van der Waals surface area contributed by atoms with E-state index < -0.39 is 17.7 Å². The number of pyridine rings is 1. The molecule has 0 aliphatic carbocycles. The molecule has 0 aliphatic heterocycles. The first-order valence-electron chi connectivity index (χ1n) is 4.72. The molecule has 1 atom stereocenters. The fourth-order valence-electron chi connectivity index (χ4n) is 1.46. The van der Waals surface area contributed by atoms with Gasteiger partial charge in [-0.25, -0.2) is 8.78 Å². The number of hydrogen-bond acceptors (Lipinski definition) is 2. The molecule has 0 aliphatic rings. The normalized spacial score (nSPS) is 12.4. The van der Waals surface area contributed by atoms with Crippen LogP contribution in [0.15, 0.2) is 42.7 Å². The van der Waals surface area contributed by atoms with Crippen LogP contribution in [0.5, 0.6) is 0 Å². The number of halogens is 2. The number of aliphatic hydroxyl groups is 1. The van der Waals surface area contributed by atoms with Crippen molar-refractivity contribution in [2.24, 2.45) is 0 Å². The number of rotatable bonds is 2. The van der Waals surface area contributed by atoms with Gasteiger partial charge in [-0.15, -0.1) is 0 Å². The predicted octanol–water partition coefficient (Wildman–Crippen LogP) is 2.44. The Balaban J connectivity index is 2.42.